The summed E-state index contributed by atoms with van der Waals surface area (Å²) in [5.41, 5.74) is -0.834. The SMILES string of the molecule is COC(=O)C1(CCc2cccc3c(C(F)(F)F)c(OC4CCC(C(F)(F)F)CC4)ccc23)CCCCC1. The third-order valence-corrected chi connectivity index (χ3v) is 8.13. The molecule has 204 valence electrons. The van der Waals surface area contributed by atoms with Gasteiger partial charge in [0.05, 0.1) is 24.5 Å². The molecule has 0 saturated heterocycles. The van der Waals surface area contributed by atoms with Gasteiger partial charge in [-0.05, 0) is 73.8 Å². The summed E-state index contributed by atoms with van der Waals surface area (Å²) in [6.07, 6.45) is -4.75. The zero-order chi connectivity index (χ0) is 26.8. The van der Waals surface area contributed by atoms with Crippen molar-refractivity contribution < 1.29 is 40.6 Å². The van der Waals surface area contributed by atoms with Crippen LogP contribution in [0.3, 0.4) is 0 Å². The molecule has 0 unspecified atom stereocenters. The molecule has 0 amide bonds. The van der Waals surface area contributed by atoms with E-state index in [9.17, 15) is 31.1 Å². The number of hydrogen-bond acceptors (Lipinski definition) is 3. The van der Waals surface area contributed by atoms with Gasteiger partial charge in [-0.25, -0.2) is 0 Å². The van der Waals surface area contributed by atoms with Gasteiger partial charge in [0, 0.05) is 0 Å². The highest BCUT2D eigenvalue weighted by molar-refractivity contribution is 5.91. The largest absolute Gasteiger partial charge is 0.490 e. The number of benzene rings is 2. The van der Waals surface area contributed by atoms with Gasteiger partial charge >= 0.3 is 18.3 Å². The maximum Gasteiger partial charge on any atom is 0.420 e. The van der Waals surface area contributed by atoms with E-state index in [1.54, 1.807) is 18.2 Å². The van der Waals surface area contributed by atoms with Crippen LogP contribution in [0.15, 0.2) is 30.3 Å². The Morgan fingerprint density at radius 3 is 2.19 bits per heavy atom. The molecule has 2 fully saturated rings. The minimum absolute atomic E-state index is 0.0118. The molecule has 37 heavy (non-hydrogen) atoms. The highest BCUT2D eigenvalue weighted by atomic mass is 19.4. The Balaban J connectivity index is 1.60. The number of rotatable bonds is 6. The number of carbonyl (C=O) groups is 1. The van der Waals surface area contributed by atoms with Crippen LogP contribution in [-0.4, -0.2) is 25.4 Å². The van der Waals surface area contributed by atoms with Gasteiger partial charge < -0.3 is 9.47 Å². The first-order chi connectivity index (χ1) is 17.4. The first kappa shape index (κ1) is 27.6. The van der Waals surface area contributed by atoms with Crippen LogP contribution >= 0.6 is 0 Å². The summed E-state index contributed by atoms with van der Waals surface area (Å²) < 4.78 is 92.6. The normalized spacial score (nSPS) is 22.6. The summed E-state index contributed by atoms with van der Waals surface area (Å²) in [5, 5.41) is 0.418. The predicted molar refractivity (Wildman–Crippen MR) is 127 cm³/mol. The van der Waals surface area contributed by atoms with Crippen LogP contribution in [0.1, 0.15) is 75.3 Å². The fourth-order valence-corrected chi connectivity index (χ4v) is 6.07. The van der Waals surface area contributed by atoms with Gasteiger partial charge in [-0.2, -0.15) is 26.3 Å². The first-order valence-corrected chi connectivity index (χ1v) is 12.9. The third kappa shape index (κ3) is 6.01. The number of carbonyl (C=O) groups excluding carboxylic acids is 1. The molecule has 2 saturated carbocycles. The molecule has 3 nitrogen and oxygen atoms in total. The van der Waals surface area contributed by atoms with E-state index in [0.29, 0.717) is 36.6 Å². The van der Waals surface area contributed by atoms with E-state index in [4.69, 9.17) is 9.47 Å². The number of ether oxygens (including phenoxy) is 2. The summed E-state index contributed by atoms with van der Waals surface area (Å²) in [7, 11) is 1.36. The standard InChI is InChI=1S/C28H32F6O3/c1-36-25(35)26(15-3-2-4-16-26)17-14-18-6-5-7-22-21(18)12-13-23(24(22)28(32,33)34)37-20-10-8-19(9-11-20)27(29,30)31/h5-7,12-13,19-20H,2-4,8-11,14-17H2,1H3. The van der Waals surface area contributed by atoms with Crippen molar-refractivity contribution in [3.63, 3.8) is 0 Å². The Morgan fingerprint density at radius 1 is 0.919 bits per heavy atom. The zero-order valence-corrected chi connectivity index (χ0v) is 20.8. The molecule has 2 aromatic carbocycles. The van der Waals surface area contributed by atoms with Crippen molar-refractivity contribution in [1.29, 1.82) is 0 Å². The Bertz CT molecular complexity index is 1090. The van der Waals surface area contributed by atoms with Crippen molar-refractivity contribution >= 4 is 16.7 Å². The molecule has 0 N–H and O–H groups in total. The molecule has 0 heterocycles. The lowest BCUT2D eigenvalue weighted by Crippen LogP contribution is -2.35. The van der Waals surface area contributed by atoms with Gasteiger partial charge in [0.1, 0.15) is 11.3 Å². The average molecular weight is 531 g/mol. The van der Waals surface area contributed by atoms with Crippen LogP contribution in [0.5, 0.6) is 5.75 Å². The van der Waals surface area contributed by atoms with Gasteiger partial charge in [0.25, 0.3) is 0 Å². The van der Waals surface area contributed by atoms with Crippen LogP contribution in [0.2, 0.25) is 0 Å². The van der Waals surface area contributed by atoms with Gasteiger partial charge in [-0.3, -0.25) is 4.79 Å². The van der Waals surface area contributed by atoms with E-state index >= 15 is 0 Å². The Hall–Kier alpha value is -2.45. The monoisotopic (exact) mass is 530 g/mol. The molecule has 0 aliphatic heterocycles. The van der Waals surface area contributed by atoms with Gasteiger partial charge in [0.15, 0.2) is 0 Å². The molecule has 2 aliphatic rings. The second kappa shape index (κ2) is 10.7. The summed E-state index contributed by atoms with van der Waals surface area (Å²) in [6.45, 7) is 0. The van der Waals surface area contributed by atoms with Crippen molar-refractivity contribution in [2.45, 2.75) is 89.1 Å². The van der Waals surface area contributed by atoms with E-state index < -0.39 is 35.4 Å². The maximum atomic E-state index is 14.3. The van der Waals surface area contributed by atoms with Crippen molar-refractivity contribution in [2.75, 3.05) is 7.11 Å². The molecule has 2 aliphatic carbocycles. The summed E-state index contributed by atoms with van der Waals surface area (Å²) >= 11 is 0. The van der Waals surface area contributed by atoms with Crippen molar-refractivity contribution in [2.24, 2.45) is 11.3 Å². The molecule has 4 rings (SSSR count). The van der Waals surface area contributed by atoms with Crippen molar-refractivity contribution in [3.8, 4) is 5.75 Å². The van der Waals surface area contributed by atoms with Crippen molar-refractivity contribution in [1.82, 2.24) is 0 Å². The Kier molecular flexibility index (Phi) is 8.00. The van der Waals surface area contributed by atoms with Gasteiger partial charge in [-0.1, -0.05) is 43.5 Å². The second-order valence-electron chi connectivity index (χ2n) is 10.4. The molecule has 0 aromatic heterocycles. The topological polar surface area (TPSA) is 35.5 Å². The van der Waals surface area contributed by atoms with E-state index in [2.05, 4.69) is 0 Å². The summed E-state index contributed by atoms with van der Waals surface area (Å²) in [6, 6.07) is 7.60. The highest BCUT2D eigenvalue weighted by Gasteiger charge is 2.43. The number of esters is 1. The number of hydrogen-bond donors (Lipinski definition) is 0. The van der Waals surface area contributed by atoms with Crippen LogP contribution in [-0.2, 0) is 22.1 Å². The number of methoxy groups -OCH3 is 1. The Morgan fingerprint density at radius 2 is 1.59 bits per heavy atom. The summed E-state index contributed by atoms with van der Waals surface area (Å²) in [5.74, 6) is -2.06. The van der Waals surface area contributed by atoms with Crippen LogP contribution in [0.25, 0.3) is 10.8 Å². The predicted octanol–water partition coefficient (Wildman–Crippen LogP) is 8.41. The molecule has 9 heteroatoms. The maximum absolute atomic E-state index is 14.3. The fraction of sp³-hybridized carbons (Fsp3) is 0.607. The highest BCUT2D eigenvalue weighted by Crippen LogP contribution is 2.46. The molecule has 0 spiro atoms. The smallest absolute Gasteiger partial charge is 0.420 e. The zero-order valence-electron chi connectivity index (χ0n) is 20.8. The molecular weight excluding hydrogens is 498 g/mol. The van der Waals surface area contributed by atoms with E-state index in [1.165, 1.54) is 19.2 Å². The van der Waals surface area contributed by atoms with Gasteiger partial charge in [0.2, 0.25) is 0 Å². The molecule has 0 atom stereocenters. The minimum atomic E-state index is -4.72. The van der Waals surface area contributed by atoms with Crippen LogP contribution in [0, 0.1) is 11.3 Å². The first-order valence-electron chi connectivity index (χ1n) is 12.9. The van der Waals surface area contributed by atoms with Crippen molar-refractivity contribution in [3.05, 3.63) is 41.5 Å². The Labute approximate surface area is 212 Å². The molecule has 0 radical (unpaired) electrons. The average Bonchev–Trinajstić information content (AvgIpc) is 2.86. The number of aryl methyl sites for hydroxylation is 1. The quantitative estimate of drug-likeness (QED) is 0.278. The van der Waals surface area contributed by atoms with Gasteiger partial charge in [-0.15, -0.1) is 0 Å². The molecule has 0 bridgehead atoms. The van der Waals surface area contributed by atoms with E-state index in [-0.39, 0.29) is 42.8 Å². The lowest BCUT2D eigenvalue weighted by Gasteiger charge is -2.34. The number of alkyl halides is 6. The fourth-order valence-electron chi connectivity index (χ4n) is 6.07. The second-order valence-corrected chi connectivity index (χ2v) is 10.4. The lowest BCUT2D eigenvalue weighted by atomic mass is 9.70. The molecular formula is C28H32F6O3. The number of halogens is 6. The van der Waals surface area contributed by atoms with Crippen LogP contribution in [0.4, 0.5) is 26.3 Å². The van der Waals surface area contributed by atoms with E-state index in [0.717, 1.165) is 19.3 Å². The van der Waals surface area contributed by atoms with E-state index in [1.807, 2.05) is 0 Å². The lowest BCUT2D eigenvalue weighted by molar-refractivity contribution is -0.185. The number of fused-ring (bicyclic) bond motifs is 1. The molecule has 2 aromatic rings. The minimum Gasteiger partial charge on any atom is -0.490 e. The van der Waals surface area contributed by atoms with Crippen LogP contribution < -0.4 is 4.74 Å². The summed E-state index contributed by atoms with van der Waals surface area (Å²) in [4.78, 5) is 12.6. The third-order valence-electron chi connectivity index (χ3n) is 8.13.